The van der Waals surface area contributed by atoms with E-state index in [1.54, 1.807) is 6.07 Å². The highest BCUT2D eigenvalue weighted by molar-refractivity contribution is 8.00. The molecule has 0 aliphatic rings. The van der Waals surface area contributed by atoms with E-state index in [9.17, 15) is 9.59 Å². The number of nitrogens with two attached hydrogens (primary N) is 1. The molecule has 28 heavy (non-hydrogen) atoms. The highest BCUT2D eigenvalue weighted by atomic mass is 35.5. The SMILES string of the molecule is CC(C)Cn1c(CCC(N)=O)nnc1S[C@H](C)C(=O)NCc1ccccc1Cl. The number of aryl methyl sites for hydroxylation is 1. The lowest BCUT2D eigenvalue weighted by atomic mass is 10.2. The number of benzene rings is 1. The summed E-state index contributed by atoms with van der Waals surface area (Å²) in [5, 5.41) is 12.2. The first-order valence-electron chi connectivity index (χ1n) is 9.16. The third kappa shape index (κ3) is 6.53. The number of carbonyl (C=O) groups excluding carboxylic acids is 2. The van der Waals surface area contributed by atoms with E-state index in [2.05, 4.69) is 29.4 Å². The summed E-state index contributed by atoms with van der Waals surface area (Å²) in [5.74, 6) is 0.592. The van der Waals surface area contributed by atoms with Gasteiger partial charge in [0.2, 0.25) is 11.8 Å². The first-order chi connectivity index (χ1) is 13.3. The van der Waals surface area contributed by atoms with Crippen molar-refractivity contribution in [3.63, 3.8) is 0 Å². The number of hydrogen-bond donors (Lipinski definition) is 2. The van der Waals surface area contributed by atoms with Crippen LogP contribution in [0.1, 0.15) is 38.6 Å². The fraction of sp³-hybridized carbons (Fsp3) is 0.474. The van der Waals surface area contributed by atoms with E-state index in [1.807, 2.05) is 29.7 Å². The molecule has 152 valence electrons. The minimum atomic E-state index is -0.374. The van der Waals surface area contributed by atoms with Crippen molar-refractivity contribution in [2.24, 2.45) is 11.7 Å². The predicted octanol–water partition coefficient (Wildman–Crippen LogP) is 2.80. The van der Waals surface area contributed by atoms with Gasteiger partial charge in [0.05, 0.1) is 5.25 Å². The Hall–Kier alpha value is -2.06. The first kappa shape index (κ1) is 22.2. The van der Waals surface area contributed by atoms with Crippen molar-refractivity contribution in [1.29, 1.82) is 0 Å². The van der Waals surface area contributed by atoms with Gasteiger partial charge in [0.1, 0.15) is 5.82 Å². The lowest BCUT2D eigenvalue weighted by Crippen LogP contribution is -2.30. The van der Waals surface area contributed by atoms with Crippen LogP contribution in [-0.2, 0) is 29.1 Å². The van der Waals surface area contributed by atoms with Crippen LogP contribution in [0, 0.1) is 5.92 Å². The number of hydrogen-bond acceptors (Lipinski definition) is 5. The molecule has 7 nitrogen and oxygen atoms in total. The minimum Gasteiger partial charge on any atom is -0.370 e. The lowest BCUT2D eigenvalue weighted by molar-refractivity contribution is -0.120. The third-order valence-corrected chi connectivity index (χ3v) is 5.45. The van der Waals surface area contributed by atoms with Gasteiger partial charge in [-0.25, -0.2) is 0 Å². The van der Waals surface area contributed by atoms with Gasteiger partial charge in [0.25, 0.3) is 0 Å². The fourth-order valence-corrected chi connectivity index (χ4v) is 3.66. The number of thioether (sulfide) groups is 1. The maximum atomic E-state index is 12.5. The Morgan fingerprint density at radius 2 is 1.96 bits per heavy atom. The van der Waals surface area contributed by atoms with Crippen LogP contribution < -0.4 is 11.1 Å². The Balaban J connectivity index is 2.03. The highest BCUT2D eigenvalue weighted by Gasteiger charge is 2.21. The predicted molar refractivity (Wildman–Crippen MR) is 111 cm³/mol. The van der Waals surface area contributed by atoms with E-state index in [1.165, 1.54) is 11.8 Å². The number of carbonyl (C=O) groups is 2. The topological polar surface area (TPSA) is 103 Å². The zero-order valence-corrected chi connectivity index (χ0v) is 17.9. The Morgan fingerprint density at radius 1 is 1.25 bits per heavy atom. The number of primary amides is 1. The Labute approximate surface area is 174 Å². The molecule has 1 atom stereocenters. The third-order valence-electron chi connectivity index (χ3n) is 4.00. The fourth-order valence-electron chi connectivity index (χ4n) is 2.55. The monoisotopic (exact) mass is 423 g/mol. The smallest absolute Gasteiger partial charge is 0.233 e. The van der Waals surface area contributed by atoms with Crippen LogP contribution in [0.2, 0.25) is 5.02 Å². The molecule has 0 bridgehead atoms. The van der Waals surface area contributed by atoms with Gasteiger partial charge in [-0.3, -0.25) is 9.59 Å². The molecule has 0 radical (unpaired) electrons. The molecule has 0 aliphatic heterocycles. The van der Waals surface area contributed by atoms with Crippen LogP contribution in [0.15, 0.2) is 29.4 Å². The van der Waals surface area contributed by atoms with Crippen molar-refractivity contribution < 1.29 is 9.59 Å². The van der Waals surface area contributed by atoms with Gasteiger partial charge in [-0.05, 0) is 24.5 Å². The standard InChI is InChI=1S/C19H26ClN5O2S/c1-12(2)11-25-17(9-8-16(21)26)23-24-19(25)28-13(3)18(27)22-10-14-6-4-5-7-15(14)20/h4-7,12-13H,8-11H2,1-3H3,(H2,21,26)(H,22,27)/t13-/m1/s1. The average Bonchev–Trinajstić information content (AvgIpc) is 2.99. The zero-order chi connectivity index (χ0) is 20.7. The van der Waals surface area contributed by atoms with Crippen LogP contribution >= 0.6 is 23.4 Å². The number of rotatable bonds is 10. The first-order valence-corrected chi connectivity index (χ1v) is 10.4. The van der Waals surface area contributed by atoms with Crippen molar-refractivity contribution in [3.05, 3.63) is 40.7 Å². The van der Waals surface area contributed by atoms with Crippen molar-refractivity contribution in [1.82, 2.24) is 20.1 Å². The molecule has 1 aromatic carbocycles. The van der Waals surface area contributed by atoms with E-state index in [-0.39, 0.29) is 23.5 Å². The summed E-state index contributed by atoms with van der Waals surface area (Å²) in [6, 6.07) is 7.41. The Kier molecular flexibility index (Phi) is 8.32. The maximum absolute atomic E-state index is 12.5. The lowest BCUT2D eigenvalue weighted by Gasteiger charge is -2.15. The molecule has 9 heteroatoms. The minimum absolute atomic E-state index is 0.109. The van der Waals surface area contributed by atoms with Gasteiger partial charge in [-0.1, -0.05) is 55.4 Å². The number of aromatic nitrogens is 3. The second kappa shape index (κ2) is 10.5. The summed E-state index contributed by atoms with van der Waals surface area (Å²) in [4.78, 5) is 23.6. The molecule has 0 fully saturated rings. The molecule has 3 N–H and O–H groups in total. The molecular weight excluding hydrogens is 398 g/mol. The molecule has 2 aromatic rings. The summed E-state index contributed by atoms with van der Waals surface area (Å²) in [6.45, 7) is 7.07. The Bertz CT molecular complexity index is 824. The zero-order valence-electron chi connectivity index (χ0n) is 16.3. The molecule has 0 unspecified atom stereocenters. The van der Waals surface area contributed by atoms with Crippen molar-refractivity contribution in [2.75, 3.05) is 0 Å². The second-order valence-electron chi connectivity index (χ2n) is 6.94. The summed E-state index contributed by atoms with van der Waals surface area (Å²) in [5.41, 5.74) is 6.11. The van der Waals surface area contributed by atoms with Crippen LogP contribution in [0.5, 0.6) is 0 Å². The molecule has 2 amide bonds. The molecule has 0 saturated heterocycles. The molecule has 2 rings (SSSR count). The van der Waals surface area contributed by atoms with Crippen LogP contribution in [0.3, 0.4) is 0 Å². The van der Waals surface area contributed by atoms with E-state index in [0.29, 0.717) is 41.4 Å². The van der Waals surface area contributed by atoms with E-state index >= 15 is 0 Å². The number of amides is 2. The molecule has 1 heterocycles. The number of nitrogens with one attached hydrogen (secondary N) is 1. The molecule has 1 aromatic heterocycles. The van der Waals surface area contributed by atoms with Crippen molar-refractivity contribution in [3.8, 4) is 0 Å². The summed E-state index contributed by atoms with van der Waals surface area (Å²) >= 11 is 7.47. The van der Waals surface area contributed by atoms with Gasteiger partial charge in [0, 0.05) is 31.0 Å². The van der Waals surface area contributed by atoms with Gasteiger partial charge < -0.3 is 15.6 Å². The Morgan fingerprint density at radius 3 is 2.61 bits per heavy atom. The van der Waals surface area contributed by atoms with Crippen molar-refractivity contribution in [2.45, 2.75) is 57.1 Å². The van der Waals surface area contributed by atoms with Gasteiger partial charge in [-0.2, -0.15) is 0 Å². The van der Waals surface area contributed by atoms with Gasteiger partial charge in [0.15, 0.2) is 5.16 Å². The van der Waals surface area contributed by atoms with Crippen LogP contribution in [0.4, 0.5) is 0 Å². The van der Waals surface area contributed by atoms with Crippen molar-refractivity contribution >= 4 is 35.2 Å². The van der Waals surface area contributed by atoms with Gasteiger partial charge in [-0.15, -0.1) is 10.2 Å². The highest BCUT2D eigenvalue weighted by Crippen LogP contribution is 2.24. The quantitative estimate of drug-likeness (QED) is 0.572. The van der Waals surface area contributed by atoms with Crippen LogP contribution in [-0.4, -0.2) is 31.8 Å². The summed E-state index contributed by atoms with van der Waals surface area (Å²) in [6.07, 6.45) is 0.650. The maximum Gasteiger partial charge on any atom is 0.233 e. The number of halogens is 1. The van der Waals surface area contributed by atoms with Crippen LogP contribution in [0.25, 0.3) is 0 Å². The van der Waals surface area contributed by atoms with E-state index in [0.717, 1.165) is 5.56 Å². The molecule has 0 saturated carbocycles. The second-order valence-corrected chi connectivity index (χ2v) is 8.65. The average molecular weight is 424 g/mol. The molecule has 0 spiro atoms. The normalized spacial score (nSPS) is 12.2. The summed E-state index contributed by atoms with van der Waals surface area (Å²) in [7, 11) is 0. The molecule has 0 aliphatic carbocycles. The summed E-state index contributed by atoms with van der Waals surface area (Å²) < 4.78 is 1.97. The van der Waals surface area contributed by atoms with Gasteiger partial charge >= 0.3 is 0 Å². The van der Waals surface area contributed by atoms with E-state index < -0.39 is 0 Å². The molecular formula is C19H26ClN5O2S. The number of nitrogens with zero attached hydrogens (tertiary/aromatic N) is 3. The largest absolute Gasteiger partial charge is 0.370 e. The van der Waals surface area contributed by atoms with E-state index in [4.69, 9.17) is 17.3 Å².